The van der Waals surface area contributed by atoms with Gasteiger partial charge in [0.25, 0.3) is 0 Å². The number of rotatable bonds is 8. The summed E-state index contributed by atoms with van der Waals surface area (Å²) in [7, 11) is 1.53. The summed E-state index contributed by atoms with van der Waals surface area (Å²) in [6, 6.07) is 25.8. The molecule has 3 aliphatic heterocycles. The first kappa shape index (κ1) is 24.7. The van der Waals surface area contributed by atoms with E-state index in [-0.39, 0.29) is 23.8 Å². The van der Waals surface area contributed by atoms with E-state index < -0.39 is 6.36 Å². The zero-order valence-electron chi connectivity index (χ0n) is 20.2. The average Bonchev–Trinajstić information content (AvgIpc) is 2.89. The molecule has 2 unspecified atom stereocenters. The lowest BCUT2D eigenvalue weighted by Gasteiger charge is -2.54. The molecular formula is C29H31F3N2O2. The first-order chi connectivity index (χ1) is 17.4. The average molecular weight is 497 g/mol. The summed E-state index contributed by atoms with van der Waals surface area (Å²) in [6.45, 7) is 2.50. The highest BCUT2D eigenvalue weighted by Gasteiger charge is 2.46. The molecule has 36 heavy (non-hydrogen) atoms. The van der Waals surface area contributed by atoms with Crippen LogP contribution >= 0.6 is 0 Å². The third-order valence-corrected chi connectivity index (χ3v) is 7.54. The van der Waals surface area contributed by atoms with Gasteiger partial charge in [0.05, 0.1) is 7.11 Å². The Bertz CT molecular complexity index is 1090. The standard InChI is InChI=1S/C29H31F3N2O2/c1-35-25-13-12-24(36-29(30,31)32)18-23(25)19-33-27-22-14-16-34(17-15-22)28(27)26(20-8-4-2-5-9-20)21-10-6-3-7-11-21/h2-13,18,22,26-28,33H,14-17,19H2,1H3. The van der Waals surface area contributed by atoms with E-state index in [1.807, 2.05) is 12.1 Å². The molecule has 190 valence electrons. The van der Waals surface area contributed by atoms with E-state index in [1.54, 1.807) is 0 Å². The molecule has 0 aliphatic carbocycles. The lowest BCUT2D eigenvalue weighted by Crippen LogP contribution is -2.64. The molecule has 4 nitrogen and oxygen atoms in total. The second-order valence-electron chi connectivity index (χ2n) is 9.59. The van der Waals surface area contributed by atoms with Crippen molar-refractivity contribution in [2.45, 2.75) is 43.8 Å². The Hall–Kier alpha value is -3.03. The van der Waals surface area contributed by atoms with E-state index in [0.29, 0.717) is 23.8 Å². The fourth-order valence-corrected chi connectivity index (χ4v) is 6.01. The topological polar surface area (TPSA) is 33.7 Å². The molecular weight excluding hydrogens is 465 g/mol. The Morgan fingerprint density at radius 1 is 0.917 bits per heavy atom. The van der Waals surface area contributed by atoms with E-state index in [2.05, 4.69) is 63.5 Å². The highest BCUT2D eigenvalue weighted by atomic mass is 19.4. The Labute approximate surface area is 210 Å². The van der Waals surface area contributed by atoms with Gasteiger partial charge in [0.1, 0.15) is 11.5 Å². The number of hydrogen-bond acceptors (Lipinski definition) is 4. The Morgan fingerprint density at radius 2 is 1.53 bits per heavy atom. The third kappa shape index (κ3) is 5.37. The van der Waals surface area contributed by atoms with Gasteiger partial charge in [0, 0.05) is 30.1 Å². The lowest BCUT2D eigenvalue weighted by molar-refractivity contribution is -0.274. The van der Waals surface area contributed by atoms with Crippen LogP contribution in [0.2, 0.25) is 0 Å². The molecule has 0 amide bonds. The van der Waals surface area contributed by atoms with Crippen LogP contribution < -0.4 is 14.8 Å². The smallest absolute Gasteiger partial charge is 0.496 e. The van der Waals surface area contributed by atoms with Crippen molar-refractivity contribution in [3.63, 3.8) is 0 Å². The molecule has 3 aromatic rings. The van der Waals surface area contributed by atoms with Crippen molar-refractivity contribution < 1.29 is 22.6 Å². The van der Waals surface area contributed by atoms with E-state index in [1.165, 1.54) is 36.4 Å². The largest absolute Gasteiger partial charge is 0.573 e. The van der Waals surface area contributed by atoms with Gasteiger partial charge in [0.2, 0.25) is 0 Å². The van der Waals surface area contributed by atoms with Crippen molar-refractivity contribution in [3.05, 3.63) is 95.6 Å². The van der Waals surface area contributed by atoms with Crippen LogP contribution in [0.5, 0.6) is 11.5 Å². The van der Waals surface area contributed by atoms with Crippen LogP contribution in [0.25, 0.3) is 0 Å². The van der Waals surface area contributed by atoms with Crippen LogP contribution in [0.1, 0.15) is 35.4 Å². The Balaban J connectivity index is 1.46. The maximum Gasteiger partial charge on any atom is 0.573 e. The quantitative estimate of drug-likeness (QED) is 0.416. The van der Waals surface area contributed by atoms with Gasteiger partial charge >= 0.3 is 6.36 Å². The SMILES string of the molecule is COc1ccc(OC(F)(F)F)cc1CNC1C2CCN(CC2)C1C(c1ccccc1)c1ccccc1. The monoisotopic (exact) mass is 496 g/mol. The molecule has 3 heterocycles. The number of nitrogens with one attached hydrogen (secondary N) is 1. The fourth-order valence-electron chi connectivity index (χ4n) is 6.01. The molecule has 0 saturated carbocycles. The molecule has 3 aromatic carbocycles. The van der Waals surface area contributed by atoms with Gasteiger partial charge in [0.15, 0.2) is 0 Å². The summed E-state index contributed by atoms with van der Waals surface area (Å²) >= 11 is 0. The normalized spacial score (nSPS) is 23.6. The van der Waals surface area contributed by atoms with Crippen molar-refractivity contribution in [1.29, 1.82) is 0 Å². The van der Waals surface area contributed by atoms with Gasteiger partial charge in [-0.2, -0.15) is 0 Å². The molecule has 2 atom stereocenters. The van der Waals surface area contributed by atoms with Crippen LogP contribution in [-0.4, -0.2) is 43.5 Å². The molecule has 3 saturated heterocycles. The molecule has 3 aliphatic rings. The predicted molar refractivity (Wildman–Crippen MR) is 133 cm³/mol. The zero-order valence-corrected chi connectivity index (χ0v) is 20.2. The van der Waals surface area contributed by atoms with Gasteiger partial charge in [-0.1, -0.05) is 60.7 Å². The predicted octanol–water partition coefficient (Wildman–Crippen LogP) is 5.98. The van der Waals surface area contributed by atoms with E-state index in [0.717, 1.165) is 25.9 Å². The molecule has 2 bridgehead atoms. The number of nitrogens with zero attached hydrogens (tertiary/aromatic N) is 1. The van der Waals surface area contributed by atoms with Crippen LogP contribution in [0.3, 0.4) is 0 Å². The summed E-state index contributed by atoms with van der Waals surface area (Å²) in [4.78, 5) is 2.59. The second kappa shape index (κ2) is 10.5. The summed E-state index contributed by atoms with van der Waals surface area (Å²) < 4.78 is 48.1. The summed E-state index contributed by atoms with van der Waals surface area (Å²) in [5, 5.41) is 3.75. The van der Waals surface area contributed by atoms with Crippen molar-refractivity contribution in [3.8, 4) is 11.5 Å². The van der Waals surface area contributed by atoms with Crippen molar-refractivity contribution in [2.24, 2.45) is 5.92 Å². The number of methoxy groups -OCH3 is 1. The molecule has 7 heteroatoms. The molecule has 6 rings (SSSR count). The number of hydrogen-bond donors (Lipinski definition) is 1. The number of benzene rings is 3. The first-order valence-electron chi connectivity index (χ1n) is 12.4. The van der Waals surface area contributed by atoms with Gasteiger partial charge in [-0.3, -0.25) is 4.90 Å². The van der Waals surface area contributed by atoms with Crippen LogP contribution in [0.15, 0.2) is 78.9 Å². The summed E-state index contributed by atoms with van der Waals surface area (Å²) in [5.41, 5.74) is 3.18. The minimum absolute atomic E-state index is 0.176. The van der Waals surface area contributed by atoms with Gasteiger partial charge in [-0.25, -0.2) is 0 Å². The van der Waals surface area contributed by atoms with E-state index in [9.17, 15) is 13.2 Å². The van der Waals surface area contributed by atoms with Gasteiger partial charge in [-0.05, 0) is 61.2 Å². The molecule has 1 N–H and O–H groups in total. The van der Waals surface area contributed by atoms with Gasteiger partial charge in [-0.15, -0.1) is 13.2 Å². The number of piperidine rings is 3. The fraction of sp³-hybridized carbons (Fsp3) is 0.379. The number of alkyl halides is 3. The Kier molecular flexibility index (Phi) is 7.21. The summed E-state index contributed by atoms with van der Waals surface area (Å²) in [5.74, 6) is 0.972. The van der Waals surface area contributed by atoms with Crippen LogP contribution in [-0.2, 0) is 6.54 Å². The van der Waals surface area contributed by atoms with Crippen LogP contribution in [0.4, 0.5) is 13.2 Å². The maximum atomic E-state index is 12.8. The van der Waals surface area contributed by atoms with Crippen LogP contribution in [0, 0.1) is 5.92 Å². The number of halogens is 3. The first-order valence-corrected chi connectivity index (χ1v) is 12.4. The minimum Gasteiger partial charge on any atom is -0.496 e. The van der Waals surface area contributed by atoms with E-state index >= 15 is 0 Å². The highest BCUT2D eigenvalue weighted by molar-refractivity contribution is 5.41. The zero-order chi connectivity index (χ0) is 25.1. The molecule has 3 fully saturated rings. The molecule has 0 radical (unpaired) electrons. The molecule has 0 spiro atoms. The lowest BCUT2D eigenvalue weighted by atomic mass is 9.70. The number of ether oxygens (including phenoxy) is 2. The summed E-state index contributed by atoms with van der Waals surface area (Å²) in [6.07, 6.45) is -2.52. The van der Waals surface area contributed by atoms with Crippen molar-refractivity contribution >= 4 is 0 Å². The maximum absolute atomic E-state index is 12.8. The minimum atomic E-state index is -4.74. The number of fused-ring (bicyclic) bond motifs is 3. The van der Waals surface area contributed by atoms with Crippen molar-refractivity contribution in [1.82, 2.24) is 10.2 Å². The van der Waals surface area contributed by atoms with Gasteiger partial charge < -0.3 is 14.8 Å². The Morgan fingerprint density at radius 3 is 2.08 bits per heavy atom. The highest BCUT2D eigenvalue weighted by Crippen LogP contribution is 2.42. The third-order valence-electron chi connectivity index (χ3n) is 7.54. The molecule has 0 aromatic heterocycles. The second-order valence-corrected chi connectivity index (χ2v) is 9.59. The van der Waals surface area contributed by atoms with E-state index in [4.69, 9.17) is 4.74 Å². The van der Waals surface area contributed by atoms with Crippen molar-refractivity contribution in [2.75, 3.05) is 20.2 Å².